The van der Waals surface area contributed by atoms with Crippen molar-refractivity contribution in [3.63, 3.8) is 0 Å². The van der Waals surface area contributed by atoms with Crippen molar-refractivity contribution in [2.45, 2.75) is 51.1 Å². The topological polar surface area (TPSA) is 38.1 Å². The summed E-state index contributed by atoms with van der Waals surface area (Å²) in [5, 5.41) is 4.27. The van der Waals surface area contributed by atoms with E-state index in [1.165, 1.54) is 6.42 Å². The first-order valence-corrected chi connectivity index (χ1v) is 7.76. The second-order valence-electron chi connectivity index (χ2n) is 5.47. The van der Waals surface area contributed by atoms with E-state index in [1.54, 1.807) is 10.9 Å². The van der Waals surface area contributed by atoms with Crippen LogP contribution in [0.4, 0.5) is 0 Å². The summed E-state index contributed by atoms with van der Waals surface area (Å²) in [5.41, 5.74) is 0.367. The third kappa shape index (κ3) is 2.50. The Morgan fingerprint density at radius 1 is 1.42 bits per heavy atom. The Hall–Kier alpha value is -0.680. The van der Waals surface area contributed by atoms with Crippen LogP contribution in [0, 0.1) is 0 Å². The van der Waals surface area contributed by atoms with Gasteiger partial charge < -0.3 is 0 Å². The van der Waals surface area contributed by atoms with Crippen LogP contribution in [0.2, 0.25) is 0 Å². The molecule has 0 atom stereocenters. The average molecular weight is 328 g/mol. The van der Waals surface area contributed by atoms with E-state index in [4.69, 9.17) is 0 Å². The molecule has 5 heteroatoms. The van der Waals surface area contributed by atoms with Crippen LogP contribution < -0.4 is 0 Å². The fourth-order valence-electron chi connectivity index (χ4n) is 3.06. The lowest BCUT2D eigenvalue weighted by Crippen LogP contribution is -2.53. The van der Waals surface area contributed by atoms with Gasteiger partial charge in [-0.2, -0.15) is 5.10 Å². The lowest BCUT2D eigenvalue weighted by molar-refractivity contribution is 0.0551. The van der Waals surface area contributed by atoms with E-state index < -0.39 is 0 Å². The fourth-order valence-corrected chi connectivity index (χ4v) is 3.54. The number of nitrogens with zero attached hydrogens (tertiary/aromatic N) is 3. The predicted molar refractivity (Wildman–Crippen MR) is 79.4 cm³/mol. The maximum Gasteiger partial charge on any atom is 0.202 e. The molecule has 19 heavy (non-hydrogen) atoms. The summed E-state index contributed by atoms with van der Waals surface area (Å²) in [6.45, 7) is 2.73. The molecule has 2 rings (SSSR count). The smallest absolute Gasteiger partial charge is 0.202 e. The van der Waals surface area contributed by atoms with Gasteiger partial charge in [-0.05, 0) is 49.8 Å². The van der Waals surface area contributed by atoms with Crippen LogP contribution in [0.15, 0.2) is 10.7 Å². The Morgan fingerprint density at radius 3 is 2.58 bits per heavy atom. The maximum absolute atomic E-state index is 13.1. The molecule has 0 saturated heterocycles. The normalized spacial score (nSPS) is 18.8. The Balaban J connectivity index is 2.42. The number of rotatable bonds is 4. The molecule has 1 aromatic heterocycles. The minimum atomic E-state index is -0.353. The summed E-state index contributed by atoms with van der Waals surface area (Å²) in [4.78, 5) is 15.2. The van der Waals surface area contributed by atoms with Gasteiger partial charge in [0.05, 0.1) is 16.2 Å². The molecule has 1 saturated carbocycles. The molecule has 1 aromatic rings. The highest BCUT2D eigenvalue weighted by Gasteiger charge is 2.43. The van der Waals surface area contributed by atoms with Crippen LogP contribution in [0.3, 0.4) is 0 Å². The second-order valence-corrected chi connectivity index (χ2v) is 6.33. The van der Waals surface area contributed by atoms with Crippen molar-refractivity contribution in [3.05, 3.63) is 16.4 Å². The van der Waals surface area contributed by atoms with Gasteiger partial charge in [-0.25, -0.2) is 0 Å². The van der Waals surface area contributed by atoms with Crippen molar-refractivity contribution >= 4 is 21.7 Å². The molecule has 106 valence electrons. The Kier molecular flexibility index (Phi) is 4.46. The number of halogens is 1. The number of hydrogen-bond donors (Lipinski definition) is 0. The fraction of sp³-hybridized carbons (Fsp3) is 0.714. The van der Waals surface area contributed by atoms with Gasteiger partial charge in [0.25, 0.3) is 0 Å². The monoisotopic (exact) mass is 327 g/mol. The first-order chi connectivity index (χ1) is 9.03. The van der Waals surface area contributed by atoms with Gasteiger partial charge in [-0.1, -0.05) is 19.3 Å². The van der Waals surface area contributed by atoms with Gasteiger partial charge in [-0.3, -0.25) is 14.4 Å². The van der Waals surface area contributed by atoms with E-state index >= 15 is 0 Å². The number of aryl methyl sites for hydroxylation is 1. The SMILES string of the molecule is CCn1ncc(Br)c1C(=O)C1(N(C)C)CCCCC1. The third-order valence-electron chi connectivity index (χ3n) is 4.27. The van der Waals surface area contributed by atoms with Gasteiger partial charge >= 0.3 is 0 Å². The molecule has 1 aliphatic rings. The van der Waals surface area contributed by atoms with E-state index in [0.29, 0.717) is 0 Å². The number of ketones is 1. The largest absolute Gasteiger partial charge is 0.297 e. The molecule has 0 unspecified atom stereocenters. The lowest BCUT2D eigenvalue weighted by Gasteiger charge is -2.41. The predicted octanol–water partition coefficient (Wildman–Crippen LogP) is 3.11. The third-order valence-corrected chi connectivity index (χ3v) is 4.85. The van der Waals surface area contributed by atoms with Crippen molar-refractivity contribution in [2.75, 3.05) is 14.1 Å². The lowest BCUT2D eigenvalue weighted by atomic mass is 9.76. The van der Waals surface area contributed by atoms with Crippen molar-refractivity contribution in [3.8, 4) is 0 Å². The van der Waals surface area contributed by atoms with Crippen molar-refractivity contribution < 1.29 is 4.79 Å². The zero-order valence-corrected chi connectivity index (χ0v) is 13.5. The Bertz CT molecular complexity index is 461. The zero-order chi connectivity index (χ0) is 14.0. The van der Waals surface area contributed by atoms with E-state index in [2.05, 4.69) is 25.9 Å². The zero-order valence-electron chi connectivity index (χ0n) is 11.9. The minimum absolute atomic E-state index is 0.212. The van der Waals surface area contributed by atoms with Crippen molar-refractivity contribution in [1.82, 2.24) is 14.7 Å². The van der Waals surface area contributed by atoms with Crippen LogP contribution in [-0.2, 0) is 6.54 Å². The molecule has 1 heterocycles. The molecule has 1 fully saturated rings. The molecule has 0 bridgehead atoms. The number of aromatic nitrogens is 2. The summed E-state index contributed by atoms with van der Waals surface area (Å²) in [5.74, 6) is 0.212. The van der Waals surface area contributed by atoms with Gasteiger partial charge in [0, 0.05) is 6.54 Å². The molecule has 0 spiro atoms. The van der Waals surface area contributed by atoms with Gasteiger partial charge in [0.2, 0.25) is 5.78 Å². The van der Waals surface area contributed by atoms with E-state index in [0.717, 1.165) is 42.4 Å². The van der Waals surface area contributed by atoms with E-state index in [-0.39, 0.29) is 11.3 Å². The quantitative estimate of drug-likeness (QED) is 0.797. The molecular formula is C14H22BrN3O. The second kappa shape index (κ2) is 5.75. The summed E-state index contributed by atoms with van der Waals surface area (Å²) >= 11 is 3.48. The molecule has 4 nitrogen and oxygen atoms in total. The van der Waals surface area contributed by atoms with Gasteiger partial charge in [0.15, 0.2) is 0 Å². The highest BCUT2D eigenvalue weighted by molar-refractivity contribution is 9.10. The van der Waals surface area contributed by atoms with Crippen LogP contribution in [0.5, 0.6) is 0 Å². The molecule has 0 aromatic carbocycles. The van der Waals surface area contributed by atoms with Gasteiger partial charge in [-0.15, -0.1) is 0 Å². The first kappa shape index (κ1) is 14.7. The molecule has 0 aliphatic heterocycles. The summed E-state index contributed by atoms with van der Waals surface area (Å²) in [7, 11) is 4.04. The van der Waals surface area contributed by atoms with Gasteiger partial charge in [0.1, 0.15) is 5.69 Å². The summed E-state index contributed by atoms with van der Waals surface area (Å²) < 4.78 is 2.61. The number of carbonyl (C=O) groups is 1. The number of Topliss-reactive ketones (excluding diaryl/α,β-unsaturated/α-hetero) is 1. The molecule has 0 N–H and O–H groups in total. The van der Waals surface area contributed by atoms with E-state index in [1.807, 2.05) is 21.0 Å². The standard InChI is InChI=1S/C14H22BrN3O/c1-4-18-12(11(15)10-16-18)13(19)14(17(2)3)8-6-5-7-9-14/h10H,4-9H2,1-3H3. The number of hydrogen-bond acceptors (Lipinski definition) is 3. The maximum atomic E-state index is 13.1. The highest BCUT2D eigenvalue weighted by atomic mass is 79.9. The molecular weight excluding hydrogens is 306 g/mol. The summed E-state index contributed by atoms with van der Waals surface area (Å²) in [6, 6.07) is 0. The number of carbonyl (C=O) groups excluding carboxylic acids is 1. The van der Waals surface area contributed by atoms with Crippen molar-refractivity contribution in [2.24, 2.45) is 0 Å². The first-order valence-electron chi connectivity index (χ1n) is 6.96. The van der Waals surface area contributed by atoms with Crippen LogP contribution >= 0.6 is 15.9 Å². The van der Waals surface area contributed by atoms with Crippen LogP contribution in [0.1, 0.15) is 49.5 Å². The van der Waals surface area contributed by atoms with Crippen molar-refractivity contribution in [1.29, 1.82) is 0 Å². The Morgan fingerprint density at radius 2 is 2.05 bits per heavy atom. The van der Waals surface area contributed by atoms with Crippen LogP contribution in [0.25, 0.3) is 0 Å². The minimum Gasteiger partial charge on any atom is -0.297 e. The average Bonchev–Trinajstić information content (AvgIpc) is 2.79. The molecule has 0 radical (unpaired) electrons. The van der Waals surface area contributed by atoms with E-state index in [9.17, 15) is 4.79 Å². The summed E-state index contributed by atoms with van der Waals surface area (Å²) in [6.07, 6.45) is 7.10. The highest BCUT2D eigenvalue weighted by Crippen LogP contribution is 2.36. The number of likely N-dealkylation sites (N-methyl/N-ethyl adjacent to an activating group) is 1. The molecule has 1 aliphatic carbocycles. The Labute approximate surface area is 123 Å². The molecule has 0 amide bonds. The van der Waals surface area contributed by atoms with Crippen LogP contribution in [-0.4, -0.2) is 40.1 Å².